The minimum Gasteiger partial charge on any atom is -0.477 e. The SMILES string of the molecule is Cn1cc2c(c1C(=O)O)NC(=O)C(C1CC1)O2. The fraction of sp³-hybridized carbons (Fsp3) is 0.455. The number of carboxylic acid groups (broad SMARTS) is 1. The summed E-state index contributed by atoms with van der Waals surface area (Å²) >= 11 is 0. The summed E-state index contributed by atoms with van der Waals surface area (Å²) in [6.45, 7) is 0. The van der Waals surface area contributed by atoms with Crippen LogP contribution < -0.4 is 10.1 Å². The number of rotatable bonds is 2. The molecule has 1 saturated carbocycles. The Hall–Kier alpha value is -1.98. The average molecular weight is 236 g/mol. The molecule has 1 amide bonds. The van der Waals surface area contributed by atoms with E-state index in [0.29, 0.717) is 5.75 Å². The van der Waals surface area contributed by atoms with Crippen LogP contribution in [0.2, 0.25) is 0 Å². The zero-order valence-corrected chi connectivity index (χ0v) is 9.27. The third-order valence-electron chi connectivity index (χ3n) is 3.16. The highest BCUT2D eigenvalue weighted by Gasteiger charge is 2.42. The van der Waals surface area contributed by atoms with Crippen molar-refractivity contribution in [3.8, 4) is 5.75 Å². The molecular weight excluding hydrogens is 224 g/mol. The van der Waals surface area contributed by atoms with Gasteiger partial charge in [0.05, 0.1) is 0 Å². The molecule has 0 radical (unpaired) electrons. The van der Waals surface area contributed by atoms with Gasteiger partial charge >= 0.3 is 5.97 Å². The van der Waals surface area contributed by atoms with E-state index in [4.69, 9.17) is 9.84 Å². The maximum atomic E-state index is 11.8. The average Bonchev–Trinajstić information content (AvgIpc) is 3.01. The smallest absolute Gasteiger partial charge is 0.354 e. The first-order valence-corrected chi connectivity index (χ1v) is 5.48. The minimum absolute atomic E-state index is 0.0441. The van der Waals surface area contributed by atoms with Gasteiger partial charge in [-0.05, 0) is 12.8 Å². The van der Waals surface area contributed by atoms with E-state index in [0.717, 1.165) is 12.8 Å². The Kier molecular flexibility index (Phi) is 1.95. The second-order valence-electron chi connectivity index (χ2n) is 4.50. The van der Waals surface area contributed by atoms with Gasteiger partial charge in [0.15, 0.2) is 17.5 Å². The van der Waals surface area contributed by atoms with Crippen LogP contribution in [-0.4, -0.2) is 27.7 Å². The summed E-state index contributed by atoms with van der Waals surface area (Å²) < 4.78 is 7.03. The molecule has 0 aromatic carbocycles. The molecule has 1 aromatic heterocycles. The van der Waals surface area contributed by atoms with Crippen molar-refractivity contribution in [2.24, 2.45) is 13.0 Å². The van der Waals surface area contributed by atoms with Gasteiger partial charge < -0.3 is 19.7 Å². The van der Waals surface area contributed by atoms with Crippen molar-refractivity contribution >= 4 is 17.6 Å². The lowest BCUT2D eigenvalue weighted by atomic mass is 10.1. The normalized spacial score (nSPS) is 22.6. The van der Waals surface area contributed by atoms with Crippen molar-refractivity contribution in [1.82, 2.24) is 4.57 Å². The van der Waals surface area contributed by atoms with Gasteiger partial charge in [0.1, 0.15) is 5.69 Å². The van der Waals surface area contributed by atoms with E-state index < -0.39 is 12.1 Å². The molecule has 3 rings (SSSR count). The predicted octanol–water partition coefficient (Wildman–Crippen LogP) is 0.833. The molecule has 1 aliphatic heterocycles. The van der Waals surface area contributed by atoms with Gasteiger partial charge in [0.2, 0.25) is 0 Å². The maximum absolute atomic E-state index is 11.8. The summed E-state index contributed by atoms with van der Waals surface area (Å²) in [5, 5.41) is 11.7. The van der Waals surface area contributed by atoms with Gasteiger partial charge in [-0.2, -0.15) is 0 Å². The molecule has 1 atom stereocenters. The van der Waals surface area contributed by atoms with Crippen LogP contribution >= 0.6 is 0 Å². The Bertz CT molecular complexity index is 516. The lowest BCUT2D eigenvalue weighted by Gasteiger charge is -2.23. The minimum atomic E-state index is -1.08. The summed E-state index contributed by atoms with van der Waals surface area (Å²) in [5.74, 6) is -0.603. The molecule has 1 aliphatic carbocycles. The Morgan fingerprint density at radius 1 is 1.59 bits per heavy atom. The number of fused-ring (bicyclic) bond motifs is 1. The lowest BCUT2D eigenvalue weighted by molar-refractivity contribution is -0.124. The number of carboxylic acids is 1. The summed E-state index contributed by atoms with van der Waals surface area (Å²) in [4.78, 5) is 22.8. The fourth-order valence-electron chi connectivity index (χ4n) is 2.16. The highest BCUT2D eigenvalue weighted by atomic mass is 16.5. The van der Waals surface area contributed by atoms with Crippen LogP contribution in [0.25, 0.3) is 0 Å². The van der Waals surface area contributed by atoms with Crippen LogP contribution in [0.4, 0.5) is 5.69 Å². The number of amides is 1. The van der Waals surface area contributed by atoms with Crippen LogP contribution in [0.5, 0.6) is 5.75 Å². The van der Waals surface area contributed by atoms with Gasteiger partial charge in [0.25, 0.3) is 5.91 Å². The molecule has 17 heavy (non-hydrogen) atoms. The van der Waals surface area contributed by atoms with Gasteiger partial charge in [-0.15, -0.1) is 0 Å². The molecule has 6 heteroatoms. The largest absolute Gasteiger partial charge is 0.477 e. The monoisotopic (exact) mass is 236 g/mol. The van der Waals surface area contributed by atoms with E-state index in [1.54, 1.807) is 13.2 Å². The number of nitrogens with one attached hydrogen (secondary N) is 1. The van der Waals surface area contributed by atoms with E-state index in [1.807, 2.05) is 0 Å². The molecule has 6 nitrogen and oxygen atoms in total. The number of hydrogen-bond donors (Lipinski definition) is 2. The number of nitrogens with zero attached hydrogens (tertiary/aromatic N) is 1. The Morgan fingerprint density at radius 3 is 2.88 bits per heavy atom. The Morgan fingerprint density at radius 2 is 2.29 bits per heavy atom. The van der Waals surface area contributed by atoms with E-state index in [-0.39, 0.29) is 23.2 Å². The first kappa shape index (κ1) is 10.2. The van der Waals surface area contributed by atoms with Crippen LogP contribution in [0.15, 0.2) is 6.20 Å². The van der Waals surface area contributed by atoms with Gasteiger partial charge in [-0.25, -0.2) is 4.79 Å². The van der Waals surface area contributed by atoms with Crippen molar-refractivity contribution in [3.05, 3.63) is 11.9 Å². The second kappa shape index (κ2) is 3.26. The van der Waals surface area contributed by atoms with Crippen LogP contribution in [0, 0.1) is 5.92 Å². The number of anilines is 1. The third-order valence-corrected chi connectivity index (χ3v) is 3.16. The fourth-order valence-corrected chi connectivity index (χ4v) is 2.16. The third kappa shape index (κ3) is 1.48. The number of aromatic nitrogens is 1. The van der Waals surface area contributed by atoms with E-state index >= 15 is 0 Å². The standard InChI is InChI=1S/C11H12N2O4/c1-13-4-6-7(8(13)11(15)16)12-10(14)9(17-6)5-2-3-5/h4-5,9H,2-3H2,1H3,(H,12,14)(H,15,16). The summed E-state index contributed by atoms with van der Waals surface area (Å²) in [6, 6.07) is 0. The molecule has 90 valence electrons. The summed E-state index contributed by atoms with van der Waals surface area (Å²) in [6.07, 6.45) is 3.11. The topological polar surface area (TPSA) is 80.6 Å². The number of ether oxygens (including phenoxy) is 1. The maximum Gasteiger partial charge on any atom is 0.354 e. The van der Waals surface area contributed by atoms with Gasteiger partial charge in [0, 0.05) is 19.2 Å². The van der Waals surface area contributed by atoms with Crippen molar-refractivity contribution in [1.29, 1.82) is 0 Å². The highest BCUT2D eigenvalue weighted by Crippen LogP contribution is 2.41. The molecular formula is C11H12N2O4. The molecule has 1 aromatic rings. The number of carbonyl (C=O) groups excluding carboxylic acids is 1. The van der Waals surface area contributed by atoms with E-state index in [1.165, 1.54) is 4.57 Å². The molecule has 2 aliphatic rings. The molecule has 2 heterocycles. The molecule has 1 unspecified atom stereocenters. The quantitative estimate of drug-likeness (QED) is 0.797. The summed E-state index contributed by atoms with van der Waals surface area (Å²) in [7, 11) is 1.61. The molecule has 0 saturated heterocycles. The highest BCUT2D eigenvalue weighted by molar-refractivity contribution is 6.05. The van der Waals surface area contributed by atoms with Crippen LogP contribution in [-0.2, 0) is 11.8 Å². The molecule has 0 bridgehead atoms. The van der Waals surface area contributed by atoms with Crippen LogP contribution in [0.1, 0.15) is 23.3 Å². The van der Waals surface area contributed by atoms with Gasteiger partial charge in [-0.1, -0.05) is 0 Å². The van der Waals surface area contributed by atoms with Gasteiger partial charge in [-0.3, -0.25) is 4.79 Å². The van der Waals surface area contributed by atoms with E-state index in [9.17, 15) is 9.59 Å². The van der Waals surface area contributed by atoms with Crippen molar-refractivity contribution in [3.63, 3.8) is 0 Å². The second-order valence-corrected chi connectivity index (χ2v) is 4.50. The Balaban J connectivity index is 2.01. The molecule has 0 spiro atoms. The van der Waals surface area contributed by atoms with Crippen molar-refractivity contribution < 1.29 is 19.4 Å². The first-order chi connectivity index (χ1) is 8.08. The van der Waals surface area contributed by atoms with Crippen molar-refractivity contribution in [2.75, 3.05) is 5.32 Å². The zero-order valence-electron chi connectivity index (χ0n) is 9.27. The zero-order chi connectivity index (χ0) is 12.2. The van der Waals surface area contributed by atoms with E-state index in [2.05, 4.69) is 5.32 Å². The van der Waals surface area contributed by atoms with Crippen molar-refractivity contribution in [2.45, 2.75) is 18.9 Å². The number of aromatic carboxylic acids is 1. The summed E-state index contributed by atoms with van der Waals surface area (Å²) in [5.41, 5.74) is 0.310. The number of hydrogen-bond acceptors (Lipinski definition) is 3. The molecule has 2 N–H and O–H groups in total. The lowest BCUT2D eigenvalue weighted by Crippen LogP contribution is -2.38. The number of carbonyl (C=O) groups is 2. The van der Waals surface area contributed by atoms with Crippen LogP contribution in [0.3, 0.4) is 0 Å². The number of aryl methyl sites for hydroxylation is 1. The molecule has 1 fully saturated rings. The first-order valence-electron chi connectivity index (χ1n) is 5.48. The predicted molar refractivity (Wildman–Crippen MR) is 58.1 cm³/mol. The Labute approximate surface area is 97.2 Å².